The average Bonchev–Trinajstić information content (AvgIpc) is 2.16. The topological polar surface area (TPSA) is 32.3 Å². The molecule has 2 nitrogen and oxygen atoms in total. The van der Waals surface area contributed by atoms with E-state index in [-0.39, 0.29) is 11.3 Å². The number of halogens is 2. The summed E-state index contributed by atoms with van der Waals surface area (Å²) in [6.07, 6.45) is 1.41. The Hall–Kier alpha value is -1.32. The first-order valence-corrected chi connectivity index (χ1v) is 3.51. The zero-order chi connectivity index (χ0) is 10.9. The first kappa shape index (κ1) is 14.2. The lowest BCUT2D eigenvalue weighted by Gasteiger charge is -2.01. The number of aliphatic hydroxyl groups is 1. The summed E-state index contributed by atoms with van der Waals surface area (Å²) < 4.78 is 21.5. The zero-order valence-electron chi connectivity index (χ0n) is 7.90. The Morgan fingerprint density at radius 3 is 2.15 bits per heavy atom. The molecule has 0 aliphatic rings. The van der Waals surface area contributed by atoms with Crippen molar-refractivity contribution in [1.29, 1.82) is 0 Å². The van der Waals surface area contributed by atoms with E-state index in [1.165, 1.54) is 6.08 Å². The van der Waals surface area contributed by atoms with Crippen LogP contribution in [-0.2, 0) is 0 Å². The van der Waals surface area contributed by atoms with E-state index >= 15 is 0 Å². The van der Waals surface area contributed by atoms with Crippen LogP contribution >= 0.6 is 0 Å². The number of allylic oxidation sites excluding steroid dienone is 2. The number of hydrogen-bond acceptors (Lipinski definition) is 2. The molecule has 0 aliphatic carbocycles. The molecular weight excluding hydrogens is 176 g/mol. The van der Waals surface area contributed by atoms with E-state index in [1.807, 2.05) is 0 Å². The number of nitrogens with one attached hydrogen (secondary N) is 1. The minimum absolute atomic E-state index is 0.143. The van der Waals surface area contributed by atoms with Crippen LogP contribution in [0.5, 0.6) is 0 Å². The van der Waals surface area contributed by atoms with Crippen molar-refractivity contribution in [1.82, 2.24) is 5.32 Å². The predicted molar refractivity (Wildman–Crippen MR) is 51.1 cm³/mol. The van der Waals surface area contributed by atoms with Crippen LogP contribution in [0.4, 0.5) is 8.78 Å². The molecule has 0 bridgehead atoms. The molecule has 0 aromatic carbocycles. The van der Waals surface area contributed by atoms with Crippen LogP contribution in [0.2, 0.25) is 0 Å². The molecule has 0 amide bonds. The highest BCUT2D eigenvalue weighted by Gasteiger charge is 1.99. The van der Waals surface area contributed by atoms with Gasteiger partial charge in [0.2, 0.25) is 0 Å². The van der Waals surface area contributed by atoms with Crippen LogP contribution in [0.3, 0.4) is 0 Å². The highest BCUT2D eigenvalue weighted by molar-refractivity contribution is 5.30. The third kappa shape index (κ3) is 7.05. The quantitative estimate of drug-likeness (QED) is 0.527. The standard InChI is InChI=1S/C8H12FNO.CH3F/c1-6(10-3)4-8(5-9)7(2)11;1-2/h4,10-11H,1-2,5H2,3H3;1H3/b8-4-;. The molecule has 0 fully saturated rings. The molecule has 13 heavy (non-hydrogen) atoms. The van der Waals surface area contributed by atoms with Crippen molar-refractivity contribution in [2.24, 2.45) is 0 Å². The first-order valence-electron chi connectivity index (χ1n) is 3.51. The predicted octanol–water partition coefficient (Wildman–Crippen LogP) is 2.27. The van der Waals surface area contributed by atoms with Crippen LogP contribution < -0.4 is 5.32 Å². The van der Waals surface area contributed by atoms with E-state index in [0.717, 1.165) is 0 Å². The van der Waals surface area contributed by atoms with Crippen LogP contribution in [0.25, 0.3) is 0 Å². The Kier molecular flexibility index (Phi) is 9.60. The smallest absolute Gasteiger partial charge is 0.118 e. The van der Waals surface area contributed by atoms with Gasteiger partial charge in [-0.2, -0.15) is 0 Å². The van der Waals surface area contributed by atoms with Crippen molar-refractivity contribution in [2.75, 3.05) is 20.9 Å². The minimum atomic E-state index is -0.740. The molecule has 0 heterocycles. The number of likely N-dealkylation sites (N-methyl/N-ethyl adjacent to an activating group) is 1. The van der Waals surface area contributed by atoms with Gasteiger partial charge < -0.3 is 10.4 Å². The molecule has 0 rings (SSSR count). The molecule has 0 spiro atoms. The van der Waals surface area contributed by atoms with Crippen molar-refractivity contribution in [3.8, 4) is 0 Å². The Labute approximate surface area is 77.3 Å². The fourth-order valence-electron chi connectivity index (χ4n) is 0.481. The molecule has 0 saturated heterocycles. The Morgan fingerprint density at radius 2 is 1.92 bits per heavy atom. The van der Waals surface area contributed by atoms with Gasteiger partial charge in [0.25, 0.3) is 0 Å². The maximum absolute atomic E-state index is 12.0. The van der Waals surface area contributed by atoms with E-state index in [0.29, 0.717) is 12.9 Å². The van der Waals surface area contributed by atoms with E-state index in [9.17, 15) is 8.78 Å². The second-order valence-electron chi connectivity index (χ2n) is 2.03. The molecule has 0 aliphatic heterocycles. The Balaban J connectivity index is 0. The minimum Gasteiger partial charge on any atom is -0.508 e. The summed E-state index contributed by atoms with van der Waals surface area (Å²) in [7, 11) is 2.16. The third-order valence-electron chi connectivity index (χ3n) is 1.18. The van der Waals surface area contributed by atoms with Gasteiger partial charge in [0, 0.05) is 18.3 Å². The Bertz CT molecular complexity index is 200. The normalized spacial score (nSPS) is 9.69. The largest absolute Gasteiger partial charge is 0.508 e. The zero-order valence-corrected chi connectivity index (χ0v) is 7.90. The van der Waals surface area contributed by atoms with Gasteiger partial charge in [-0.1, -0.05) is 13.2 Å². The van der Waals surface area contributed by atoms with E-state index in [1.54, 1.807) is 7.05 Å². The lowest BCUT2D eigenvalue weighted by Crippen LogP contribution is -2.03. The first-order chi connectivity index (χ1) is 6.11. The molecule has 76 valence electrons. The summed E-state index contributed by atoms with van der Waals surface area (Å²) in [6, 6.07) is 0. The second kappa shape index (κ2) is 8.77. The summed E-state index contributed by atoms with van der Waals surface area (Å²) in [5.41, 5.74) is 0.678. The fourth-order valence-corrected chi connectivity index (χ4v) is 0.481. The van der Waals surface area contributed by atoms with Crippen LogP contribution in [0.15, 0.2) is 36.3 Å². The number of alkyl halides is 2. The number of hydrogen-bond donors (Lipinski definition) is 2. The number of aliphatic hydroxyl groups excluding tert-OH is 1. The molecule has 0 unspecified atom stereocenters. The van der Waals surface area contributed by atoms with Gasteiger partial charge in [-0.05, 0) is 6.08 Å². The van der Waals surface area contributed by atoms with Crippen LogP contribution in [0, 0.1) is 0 Å². The van der Waals surface area contributed by atoms with Gasteiger partial charge in [0.15, 0.2) is 0 Å². The van der Waals surface area contributed by atoms with Gasteiger partial charge in [-0.25, -0.2) is 4.39 Å². The molecule has 2 N–H and O–H groups in total. The highest BCUT2D eigenvalue weighted by atomic mass is 19.1. The van der Waals surface area contributed by atoms with Crippen LogP contribution in [0.1, 0.15) is 0 Å². The third-order valence-corrected chi connectivity index (χ3v) is 1.18. The van der Waals surface area contributed by atoms with Gasteiger partial charge >= 0.3 is 0 Å². The summed E-state index contributed by atoms with van der Waals surface area (Å²) in [6.45, 7) is 5.99. The van der Waals surface area contributed by atoms with Gasteiger partial charge in [-0.3, -0.25) is 4.39 Å². The summed E-state index contributed by atoms with van der Waals surface area (Å²) in [5, 5.41) is 11.5. The van der Waals surface area contributed by atoms with Gasteiger partial charge in [-0.15, -0.1) is 0 Å². The van der Waals surface area contributed by atoms with Crippen molar-refractivity contribution in [3.05, 3.63) is 36.3 Å². The number of rotatable bonds is 4. The maximum atomic E-state index is 12.0. The summed E-state index contributed by atoms with van der Waals surface area (Å²) >= 11 is 0. The summed E-state index contributed by atoms with van der Waals surface area (Å²) in [5.74, 6) is -0.260. The lowest BCUT2D eigenvalue weighted by atomic mass is 10.2. The molecular formula is C9H15F2NO. The lowest BCUT2D eigenvalue weighted by molar-refractivity contribution is 0.408. The van der Waals surface area contributed by atoms with E-state index < -0.39 is 6.67 Å². The monoisotopic (exact) mass is 191 g/mol. The average molecular weight is 191 g/mol. The molecule has 0 atom stereocenters. The fraction of sp³-hybridized carbons (Fsp3) is 0.333. The molecule has 0 saturated carbocycles. The molecule has 0 aromatic heterocycles. The Morgan fingerprint density at radius 1 is 1.46 bits per heavy atom. The van der Waals surface area contributed by atoms with Crippen molar-refractivity contribution in [3.63, 3.8) is 0 Å². The van der Waals surface area contributed by atoms with Crippen molar-refractivity contribution >= 4 is 0 Å². The second-order valence-corrected chi connectivity index (χ2v) is 2.03. The molecule has 4 heteroatoms. The molecule has 0 aromatic rings. The van der Waals surface area contributed by atoms with Crippen LogP contribution in [-0.4, -0.2) is 26.0 Å². The van der Waals surface area contributed by atoms with Crippen molar-refractivity contribution in [2.45, 2.75) is 0 Å². The van der Waals surface area contributed by atoms with Gasteiger partial charge in [0.1, 0.15) is 12.4 Å². The van der Waals surface area contributed by atoms with Crippen molar-refractivity contribution < 1.29 is 13.9 Å². The van der Waals surface area contributed by atoms with E-state index in [2.05, 4.69) is 18.5 Å². The molecule has 0 radical (unpaired) electrons. The van der Waals surface area contributed by atoms with E-state index in [4.69, 9.17) is 5.11 Å². The maximum Gasteiger partial charge on any atom is 0.118 e. The van der Waals surface area contributed by atoms with Gasteiger partial charge in [0.05, 0.1) is 7.18 Å². The SMILES string of the molecule is C=C(/C=C(/CF)C(=C)O)NC.CF. The highest BCUT2D eigenvalue weighted by Crippen LogP contribution is 2.06. The summed E-state index contributed by atoms with van der Waals surface area (Å²) in [4.78, 5) is 0.